The van der Waals surface area contributed by atoms with Crippen molar-refractivity contribution >= 4 is 22.7 Å². The minimum Gasteiger partial charge on any atom is -0.306 e. The van der Waals surface area contributed by atoms with Crippen molar-refractivity contribution < 1.29 is 0 Å². The van der Waals surface area contributed by atoms with Gasteiger partial charge in [-0.3, -0.25) is 0 Å². The number of aryl methyl sites for hydroxylation is 1. The summed E-state index contributed by atoms with van der Waals surface area (Å²) in [4.78, 5) is 9.31. The van der Waals surface area contributed by atoms with Crippen LogP contribution >= 0.6 is 22.7 Å². The van der Waals surface area contributed by atoms with Crippen molar-refractivity contribution in [1.29, 1.82) is 0 Å². The van der Waals surface area contributed by atoms with E-state index in [1.54, 1.807) is 22.7 Å². The van der Waals surface area contributed by atoms with Gasteiger partial charge in [0.2, 0.25) is 0 Å². The van der Waals surface area contributed by atoms with E-state index in [0.717, 1.165) is 16.4 Å². The summed E-state index contributed by atoms with van der Waals surface area (Å²) in [5.74, 6) is 0. The first-order valence-corrected chi connectivity index (χ1v) is 7.73. The molecule has 1 atom stereocenters. The summed E-state index contributed by atoms with van der Waals surface area (Å²) in [6, 6.07) is 0.107. The molecule has 0 saturated heterocycles. The van der Waals surface area contributed by atoms with Gasteiger partial charge in [-0.15, -0.1) is 22.7 Å². The number of hydrogen-bond acceptors (Lipinski definition) is 5. The summed E-state index contributed by atoms with van der Waals surface area (Å²) in [5.41, 5.74) is 2.25. The molecule has 1 N–H and O–H groups in total. The molecule has 0 bridgehead atoms. The highest BCUT2D eigenvalue weighted by atomic mass is 32.1. The van der Waals surface area contributed by atoms with Crippen molar-refractivity contribution in [3.05, 3.63) is 32.2 Å². The Bertz CT molecular complexity index is 522. The van der Waals surface area contributed by atoms with E-state index in [1.807, 2.05) is 14.0 Å². The van der Waals surface area contributed by atoms with Gasteiger partial charge in [-0.25, -0.2) is 9.97 Å². The molecule has 5 heteroatoms. The van der Waals surface area contributed by atoms with Crippen molar-refractivity contribution in [1.82, 2.24) is 15.3 Å². The molecule has 0 spiro atoms. The van der Waals surface area contributed by atoms with E-state index in [2.05, 4.69) is 41.8 Å². The summed E-state index contributed by atoms with van der Waals surface area (Å²) >= 11 is 3.41. The molecule has 2 aromatic rings. The maximum Gasteiger partial charge on any atom is 0.116 e. The molecule has 0 radical (unpaired) electrons. The van der Waals surface area contributed by atoms with Gasteiger partial charge in [0.05, 0.1) is 10.7 Å². The zero-order valence-electron chi connectivity index (χ0n) is 11.4. The quantitative estimate of drug-likeness (QED) is 0.935. The lowest BCUT2D eigenvalue weighted by atomic mass is 9.98. The molecule has 2 aromatic heterocycles. The number of aromatic nitrogens is 2. The fourth-order valence-electron chi connectivity index (χ4n) is 1.67. The second-order valence-electron chi connectivity index (χ2n) is 5.38. The Labute approximate surface area is 116 Å². The zero-order valence-corrected chi connectivity index (χ0v) is 13.1. The molecule has 3 nitrogen and oxygen atoms in total. The van der Waals surface area contributed by atoms with Crippen LogP contribution in [0, 0.1) is 6.92 Å². The molecule has 0 aliphatic rings. The molecule has 0 saturated carbocycles. The normalized spacial score (nSPS) is 13.8. The smallest absolute Gasteiger partial charge is 0.116 e. The third-order valence-electron chi connectivity index (χ3n) is 2.63. The number of nitrogens with one attached hydrogen (secondary N) is 1. The van der Waals surface area contributed by atoms with E-state index in [4.69, 9.17) is 4.98 Å². The van der Waals surface area contributed by atoms with Crippen LogP contribution in [0.2, 0.25) is 0 Å². The molecule has 1 unspecified atom stereocenters. The summed E-state index contributed by atoms with van der Waals surface area (Å²) in [6.45, 7) is 8.60. The van der Waals surface area contributed by atoms with Gasteiger partial charge in [0.15, 0.2) is 0 Å². The molecule has 0 aromatic carbocycles. The molecule has 98 valence electrons. The maximum absolute atomic E-state index is 4.76. The first-order valence-electron chi connectivity index (χ1n) is 5.97. The van der Waals surface area contributed by atoms with Crippen LogP contribution in [0.3, 0.4) is 0 Å². The highest BCUT2D eigenvalue weighted by Gasteiger charge is 2.23. The predicted molar refractivity (Wildman–Crippen MR) is 78.6 cm³/mol. The summed E-state index contributed by atoms with van der Waals surface area (Å²) < 4.78 is 0. The van der Waals surface area contributed by atoms with Crippen LogP contribution in [-0.4, -0.2) is 17.0 Å². The van der Waals surface area contributed by atoms with Crippen molar-refractivity contribution in [2.24, 2.45) is 0 Å². The largest absolute Gasteiger partial charge is 0.306 e. The lowest BCUT2D eigenvalue weighted by molar-refractivity contribution is 0.576. The van der Waals surface area contributed by atoms with Crippen molar-refractivity contribution in [2.45, 2.75) is 39.2 Å². The topological polar surface area (TPSA) is 37.8 Å². The van der Waals surface area contributed by atoms with Crippen molar-refractivity contribution in [3.63, 3.8) is 0 Å². The van der Waals surface area contributed by atoms with E-state index in [1.165, 1.54) is 5.01 Å². The Morgan fingerprint density at radius 1 is 1.17 bits per heavy atom. The van der Waals surface area contributed by atoms with Gasteiger partial charge in [0, 0.05) is 21.9 Å². The van der Waals surface area contributed by atoms with Crippen LogP contribution < -0.4 is 5.32 Å². The second kappa shape index (κ2) is 5.07. The van der Waals surface area contributed by atoms with Crippen LogP contribution in [0.1, 0.15) is 48.2 Å². The molecule has 0 amide bonds. The van der Waals surface area contributed by atoms with Gasteiger partial charge in [-0.2, -0.15) is 0 Å². The predicted octanol–water partition coefficient (Wildman–Crippen LogP) is 3.51. The highest BCUT2D eigenvalue weighted by molar-refractivity contribution is 7.10. The monoisotopic (exact) mass is 281 g/mol. The van der Waals surface area contributed by atoms with E-state index < -0.39 is 0 Å². The van der Waals surface area contributed by atoms with E-state index in [-0.39, 0.29) is 11.5 Å². The van der Waals surface area contributed by atoms with Crippen LogP contribution in [0.15, 0.2) is 10.8 Å². The number of thiazole rings is 2. The van der Waals surface area contributed by atoms with Crippen molar-refractivity contribution in [3.8, 4) is 0 Å². The minimum atomic E-state index is 0.107. The Morgan fingerprint density at radius 2 is 1.89 bits per heavy atom. The summed E-state index contributed by atoms with van der Waals surface area (Å²) in [7, 11) is 1.96. The number of rotatable bonds is 3. The third-order valence-corrected chi connectivity index (χ3v) is 4.95. The van der Waals surface area contributed by atoms with E-state index in [9.17, 15) is 0 Å². The third kappa shape index (κ3) is 2.79. The summed E-state index contributed by atoms with van der Waals surface area (Å²) in [6.07, 6.45) is 0. The summed E-state index contributed by atoms with van der Waals surface area (Å²) in [5, 5.41) is 9.78. The average molecular weight is 281 g/mol. The highest BCUT2D eigenvalue weighted by Crippen LogP contribution is 2.30. The molecule has 18 heavy (non-hydrogen) atoms. The fourth-order valence-corrected chi connectivity index (χ4v) is 3.51. The van der Waals surface area contributed by atoms with Crippen LogP contribution in [-0.2, 0) is 5.41 Å². The van der Waals surface area contributed by atoms with Crippen LogP contribution in [0.25, 0.3) is 0 Å². The molecular weight excluding hydrogens is 262 g/mol. The first-order chi connectivity index (χ1) is 8.41. The average Bonchev–Trinajstić information content (AvgIpc) is 2.88. The molecule has 0 aliphatic carbocycles. The van der Waals surface area contributed by atoms with Gasteiger partial charge in [0.1, 0.15) is 11.0 Å². The molecular formula is C13H19N3S2. The van der Waals surface area contributed by atoms with Crippen LogP contribution in [0.4, 0.5) is 0 Å². The lowest BCUT2D eigenvalue weighted by Gasteiger charge is -2.14. The molecule has 2 rings (SSSR count). The second-order valence-corrected chi connectivity index (χ2v) is 7.12. The number of nitrogens with zero attached hydrogens (tertiary/aromatic N) is 2. The van der Waals surface area contributed by atoms with Crippen molar-refractivity contribution in [2.75, 3.05) is 7.05 Å². The molecule has 2 heterocycles. The standard InChI is InChI=1S/C13H19N3S2/c1-8-6-17-11(15-8)10(14-5)9-7-18-12(16-9)13(2,3)4/h6-7,10,14H,1-5H3. The SMILES string of the molecule is CNC(c1csc(C(C)(C)C)n1)c1nc(C)cs1. The van der Waals surface area contributed by atoms with Crippen LogP contribution in [0.5, 0.6) is 0 Å². The van der Waals surface area contributed by atoms with E-state index >= 15 is 0 Å². The first kappa shape index (κ1) is 13.6. The van der Waals surface area contributed by atoms with Gasteiger partial charge in [-0.05, 0) is 14.0 Å². The van der Waals surface area contributed by atoms with Gasteiger partial charge >= 0.3 is 0 Å². The van der Waals surface area contributed by atoms with E-state index in [0.29, 0.717) is 0 Å². The Balaban J connectivity index is 2.31. The molecule has 0 fully saturated rings. The Kier molecular flexibility index (Phi) is 3.84. The Morgan fingerprint density at radius 3 is 2.33 bits per heavy atom. The van der Waals surface area contributed by atoms with Gasteiger partial charge in [-0.1, -0.05) is 20.8 Å². The Hall–Kier alpha value is -0.780. The zero-order chi connectivity index (χ0) is 13.3. The maximum atomic E-state index is 4.76. The molecule has 0 aliphatic heterocycles. The number of hydrogen-bond donors (Lipinski definition) is 1. The fraction of sp³-hybridized carbons (Fsp3) is 0.538. The minimum absolute atomic E-state index is 0.107. The van der Waals surface area contributed by atoms with Gasteiger partial charge < -0.3 is 5.32 Å². The van der Waals surface area contributed by atoms with Gasteiger partial charge in [0.25, 0.3) is 0 Å². The lowest BCUT2D eigenvalue weighted by Crippen LogP contribution is -2.19.